The van der Waals surface area contributed by atoms with E-state index >= 15 is 0 Å². The zero-order chi connectivity index (χ0) is 16.2. The van der Waals surface area contributed by atoms with Gasteiger partial charge in [0.1, 0.15) is 0 Å². The highest BCUT2D eigenvalue weighted by Gasteiger charge is 2.22. The molecular weight excluding hydrogens is 294 g/mol. The van der Waals surface area contributed by atoms with Gasteiger partial charge in [0.05, 0.1) is 7.11 Å². The number of urea groups is 1. The lowest BCUT2D eigenvalue weighted by atomic mass is 9.99. The molecule has 6 nitrogen and oxygen atoms in total. The predicted octanol–water partition coefficient (Wildman–Crippen LogP) is 2.88. The smallest absolute Gasteiger partial charge is 0.409 e. The molecule has 1 aliphatic heterocycles. The largest absolute Gasteiger partial charge is 0.453 e. The van der Waals surface area contributed by atoms with Crippen molar-refractivity contribution in [3.63, 3.8) is 0 Å². The van der Waals surface area contributed by atoms with Gasteiger partial charge < -0.3 is 20.3 Å². The van der Waals surface area contributed by atoms with E-state index in [2.05, 4.69) is 10.6 Å². The average Bonchev–Trinajstić information content (AvgIpc) is 3.06. The summed E-state index contributed by atoms with van der Waals surface area (Å²) in [6.07, 6.45) is 4.99. The summed E-state index contributed by atoms with van der Waals surface area (Å²) in [4.78, 5) is 25.4. The third-order valence-corrected chi connectivity index (χ3v) is 4.60. The molecule has 1 aromatic carbocycles. The molecule has 0 radical (unpaired) electrons. The third kappa shape index (κ3) is 3.75. The summed E-state index contributed by atoms with van der Waals surface area (Å²) in [5.41, 5.74) is 3.03. The molecule has 3 rings (SSSR count). The number of carbonyl (C=O) groups is 2. The van der Waals surface area contributed by atoms with Crippen LogP contribution in [0.5, 0.6) is 0 Å². The van der Waals surface area contributed by atoms with Gasteiger partial charge in [-0.3, -0.25) is 0 Å². The van der Waals surface area contributed by atoms with Gasteiger partial charge in [0, 0.05) is 24.8 Å². The van der Waals surface area contributed by atoms with Crippen LogP contribution in [-0.2, 0) is 17.7 Å². The van der Waals surface area contributed by atoms with Crippen LogP contribution in [0.2, 0.25) is 0 Å². The van der Waals surface area contributed by atoms with Crippen LogP contribution in [0.3, 0.4) is 0 Å². The number of rotatable bonds is 2. The first kappa shape index (κ1) is 15.6. The number of ether oxygens (including phenoxy) is 1. The van der Waals surface area contributed by atoms with Crippen LogP contribution in [0, 0.1) is 0 Å². The molecular formula is C17H23N3O3. The van der Waals surface area contributed by atoms with Crippen molar-refractivity contribution in [2.24, 2.45) is 0 Å². The van der Waals surface area contributed by atoms with Crippen molar-refractivity contribution in [1.29, 1.82) is 0 Å². The van der Waals surface area contributed by atoms with Crippen LogP contribution in [0.25, 0.3) is 0 Å². The Labute approximate surface area is 136 Å². The molecule has 1 aliphatic carbocycles. The van der Waals surface area contributed by atoms with Crippen LogP contribution in [0.15, 0.2) is 18.2 Å². The lowest BCUT2D eigenvalue weighted by Gasteiger charge is -2.28. The van der Waals surface area contributed by atoms with Gasteiger partial charge in [-0.25, -0.2) is 9.59 Å². The highest BCUT2D eigenvalue weighted by atomic mass is 16.5. The molecule has 0 unspecified atom stereocenters. The average molecular weight is 317 g/mol. The van der Waals surface area contributed by atoms with Gasteiger partial charge in [0.2, 0.25) is 0 Å². The lowest BCUT2D eigenvalue weighted by Crippen LogP contribution is -2.37. The van der Waals surface area contributed by atoms with Crippen LogP contribution in [-0.4, -0.2) is 36.7 Å². The maximum atomic E-state index is 12.0. The maximum absolute atomic E-state index is 12.0. The molecule has 0 saturated heterocycles. The van der Waals surface area contributed by atoms with Crippen molar-refractivity contribution in [2.75, 3.05) is 19.0 Å². The van der Waals surface area contributed by atoms with Gasteiger partial charge in [0.15, 0.2) is 0 Å². The number of carbonyl (C=O) groups excluding carboxylic acids is 2. The topological polar surface area (TPSA) is 70.7 Å². The molecule has 1 aromatic rings. The number of anilines is 1. The Morgan fingerprint density at radius 2 is 2.00 bits per heavy atom. The van der Waals surface area contributed by atoms with E-state index in [1.165, 1.54) is 25.5 Å². The molecule has 6 heteroatoms. The standard InChI is InChI=1S/C17H23N3O3/c1-23-17(22)20-9-8-12-6-7-15(10-13(12)11-20)19-16(21)18-14-4-2-3-5-14/h6-7,10,14H,2-5,8-9,11H2,1H3,(H2,18,19,21). The Hall–Kier alpha value is -2.24. The summed E-state index contributed by atoms with van der Waals surface area (Å²) < 4.78 is 4.78. The van der Waals surface area contributed by atoms with E-state index < -0.39 is 0 Å². The zero-order valence-corrected chi connectivity index (χ0v) is 13.4. The molecule has 124 valence electrons. The number of methoxy groups -OCH3 is 1. The van der Waals surface area contributed by atoms with Crippen molar-refractivity contribution in [3.05, 3.63) is 29.3 Å². The van der Waals surface area contributed by atoms with Crippen molar-refractivity contribution >= 4 is 17.8 Å². The summed E-state index contributed by atoms with van der Waals surface area (Å²) in [6, 6.07) is 6.02. The first-order chi connectivity index (χ1) is 11.2. The normalized spacial score (nSPS) is 17.5. The number of nitrogens with zero attached hydrogens (tertiary/aromatic N) is 1. The van der Waals surface area contributed by atoms with Gasteiger partial charge in [0.25, 0.3) is 0 Å². The summed E-state index contributed by atoms with van der Waals surface area (Å²) in [5, 5.41) is 5.90. The number of nitrogens with one attached hydrogen (secondary N) is 2. The summed E-state index contributed by atoms with van der Waals surface area (Å²) in [5.74, 6) is 0. The van der Waals surface area contributed by atoms with E-state index in [-0.39, 0.29) is 12.1 Å². The fourth-order valence-electron chi connectivity index (χ4n) is 3.34. The van der Waals surface area contributed by atoms with Crippen molar-refractivity contribution in [1.82, 2.24) is 10.2 Å². The molecule has 1 saturated carbocycles. The Morgan fingerprint density at radius 1 is 1.22 bits per heavy atom. The van der Waals surface area contributed by atoms with Gasteiger partial charge in [-0.15, -0.1) is 0 Å². The van der Waals surface area contributed by atoms with E-state index in [9.17, 15) is 9.59 Å². The minimum absolute atomic E-state index is 0.155. The molecule has 2 N–H and O–H groups in total. The Morgan fingerprint density at radius 3 is 2.74 bits per heavy atom. The summed E-state index contributed by atoms with van der Waals surface area (Å²) >= 11 is 0. The van der Waals surface area contributed by atoms with E-state index in [1.54, 1.807) is 4.90 Å². The molecule has 0 aromatic heterocycles. The van der Waals surface area contributed by atoms with Crippen LogP contribution in [0.1, 0.15) is 36.8 Å². The third-order valence-electron chi connectivity index (χ3n) is 4.60. The van der Waals surface area contributed by atoms with E-state index in [0.29, 0.717) is 19.1 Å². The van der Waals surface area contributed by atoms with Crippen molar-refractivity contribution < 1.29 is 14.3 Å². The maximum Gasteiger partial charge on any atom is 0.409 e. The summed E-state index contributed by atoms with van der Waals surface area (Å²) in [6.45, 7) is 1.18. The molecule has 23 heavy (non-hydrogen) atoms. The number of amides is 3. The fourth-order valence-corrected chi connectivity index (χ4v) is 3.34. The van der Waals surface area contributed by atoms with E-state index in [4.69, 9.17) is 4.74 Å². The number of fused-ring (bicyclic) bond motifs is 1. The lowest BCUT2D eigenvalue weighted by molar-refractivity contribution is 0.118. The first-order valence-electron chi connectivity index (χ1n) is 8.18. The van der Waals surface area contributed by atoms with E-state index in [0.717, 1.165) is 30.5 Å². The highest BCUT2D eigenvalue weighted by Crippen LogP contribution is 2.23. The van der Waals surface area contributed by atoms with Crippen LogP contribution >= 0.6 is 0 Å². The fraction of sp³-hybridized carbons (Fsp3) is 0.529. The molecule has 1 fully saturated rings. The Balaban J connectivity index is 1.63. The van der Waals surface area contributed by atoms with Crippen LogP contribution in [0.4, 0.5) is 15.3 Å². The predicted molar refractivity (Wildman–Crippen MR) is 87.4 cm³/mol. The second-order valence-corrected chi connectivity index (χ2v) is 6.20. The second-order valence-electron chi connectivity index (χ2n) is 6.20. The molecule has 0 bridgehead atoms. The number of benzene rings is 1. The Bertz CT molecular complexity index is 597. The van der Waals surface area contributed by atoms with Crippen molar-refractivity contribution in [3.8, 4) is 0 Å². The molecule has 0 atom stereocenters. The summed E-state index contributed by atoms with van der Waals surface area (Å²) in [7, 11) is 1.39. The van der Waals surface area contributed by atoms with Crippen LogP contribution < -0.4 is 10.6 Å². The quantitative estimate of drug-likeness (QED) is 0.881. The van der Waals surface area contributed by atoms with E-state index in [1.807, 2.05) is 18.2 Å². The van der Waals surface area contributed by atoms with Gasteiger partial charge in [-0.2, -0.15) is 0 Å². The zero-order valence-electron chi connectivity index (χ0n) is 13.4. The highest BCUT2D eigenvalue weighted by molar-refractivity contribution is 5.89. The van der Waals surface area contributed by atoms with Gasteiger partial charge >= 0.3 is 12.1 Å². The Kier molecular flexibility index (Phi) is 4.69. The number of hydrogen-bond donors (Lipinski definition) is 2. The minimum atomic E-state index is -0.312. The first-order valence-corrected chi connectivity index (χ1v) is 8.18. The van der Waals surface area contributed by atoms with Gasteiger partial charge in [-0.05, 0) is 42.5 Å². The molecule has 1 heterocycles. The van der Waals surface area contributed by atoms with Gasteiger partial charge in [-0.1, -0.05) is 18.9 Å². The molecule has 3 amide bonds. The SMILES string of the molecule is COC(=O)N1CCc2ccc(NC(=O)NC3CCCC3)cc2C1. The number of hydrogen-bond acceptors (Lipinski definition) is 3. The molecule has 0 spiro atoms. The monoisotopic (exact) mass is 317 g/mol. The van der Waals surface area contributed by atoms with Crippen molar-refractivity contribution in [2.45, 2.75) is 44.7 Å². The molecule has 2 aliphatic rings. The minimum Gasteiger partial charge on any atom is -0.453 e. The second kappa shape index (κ2) is 6.89.